The third-order valence-electron chi connectivity index (χ3n) is 2.97. The highest BCUT2D eigenvalue weighted by Crippen LogP contribution is 2.27. The van der Waals surface area contributed by atoms with Crippen LogP contribution in [-0.2, 0) is 12.8 Å². The monoisotopic (exact) mass is 257 g/mol. The molecule has 0 fully saturated rings. The van der Waals surface area contributed by atoms with Crippen LogP contribution in [0.5, 0.6) is 5.75 Å². The fraction of sp³-hybridized carbons (Fsp3) is 0.133. The molecule has 2 rings (SSSR count). The van der Waals surface area contributed by atoms with Crippen molar-refractivity contribution < 1.29 is 15.0 Å². The summed E-state index contributed by atoms with van der Waals surface area (Å²) in [6.07, 6.45) is 1.47. The molecule has 0 amide bonds. The number of aromatic carboxylic acids is 1. The van der Waals surface area contributed by atoms with Crippen LogP contribution in [0.1, 0.15) is 21.5 Å². The van der Waals surface area contributed by atoms with Crippen LogP contribution in [0.2, 0.25) is 0 Å². The Labute approximate surface area is 111 Å². The Kier molecular flexibility index (Phi) is 3.71. The number of rotatable bonds is 4. The number of aryl methyl sites for hydroxylation is 2. The first-order valence-electron chi connectivity index (χ1n) is 5.96. The summed E-state index contributed by atoms with van der Waals surface area (Å²) in [7, 11) is 0. The van der Waals surface area contributed by atoms with E-state index in [9.17, 15) is 9.90 Å². The van der Waals surface area contributed by atoms with E-state index in [0.29, 0.717) is 6.42 Å². The number of carboxylic acids is 1. The number of nitrogen functional groups attached to an aromatic ring is 1. The van der Waals surface area contributed by atoms with Crippen LogP contribution >= 0.6 is 0 Å². The van der Waals surface area contributed by atoms with Crippen LogP contribution in [0.15, 0.2) is 42.5 Å². The average molecular weight is 257 g/mol. The molecule has 4 nitrogen and oxygen atoms in total. The summed E-state index contributed by atoms with van der Waals surface area (Å²) in [5.41, 5.74) is 7.54. The molecule has 0 unspecified atom stereocenters. The zero-order valence-corrected chi connectivity index (χ0v) is 10.3. The molecule has 0 saturated carbocycles. The maximum absolute atomic E-state index is 11.0. The first kappa shape index (κ1) is 13.0. The summed E-state index contributed by atoms with van der Waals surface area (Å²) in [5, 5.41) is 18.6. The SMILES string of the molecule is Nc1cc(CCc2ccccc2)cc(C(=O)O)c1O. The second kappa shape index (κ2) is 5.44. The summed E-state index contributed by atoms with van der Waals surface area (Å²) < 4.78 is 0. The number of aromatic hydroxyl groups is 1. The van der Waals surface area contributed by atoms with Gasteiger partial charge in [-0.1, -0.05) is 30.3 Å². The fourth-order valence-electron chi connectivity index (χ4n) is 1.96. The summed E-state index contributed by atoms with van der Waals surface area (Å²) >= 11 is 0. The van der Waals surface area contributed by atoms with Crippen LogP contribution in [0, 0.1) is 0 Å². The van der Waals surface area contributed by atoms with Gasteiger partial charge in [0.2, 0.25) is 0 Å². The smallest absolute Gasteiger partial charge is 0.339 e. The normalized spacial score (nSPS) is 10.3. The lowest BCUT2D eigenvalue weighted by atomic mass is 10.0. The van der Waals surface area contributed by atoms with Crippen molar-refractivity contribution in [2.24, 2.45) is 0 Å². The number of hydrogen-bond acceptors (Lipinski definition) is 3. The highest BCUT2D eigenvalue weighted by atomic mass is 16.4. The van der Waals surface area contributed by atoms with Crippen molar-refractivity contribution in [3.8, 4) is 5.75 Å². The molecule has 0 aromatic heterocycles. The van der Waals surface area contributed by atoms with E-state index < -0.39 is 5.97 Å². The third-order valence-corrected chi connectivity index (χ3v) is 2.97. The number of phenols is 1. The van der Waals surface area contributed by atoms with E-state index in [2.05, 4.69) is 0 Å². The number of benzene rings is 2. The molecule has 19 heavy (non-hydrogen) atoms. The van der Waals surface area contributed by atoms with Crippen LogP contribution in [0.4, 0.5) is 5.69 Å². The second-order valence-corrected chi connectivity index (χ2v) is 4.37. The van der Waals surface area contributed by atoms with Gasteiger partial charge in [-0.2, -0.15) is 0 Å². The minimum atomic E-state index is -1.18. The topological polar surface area (TPSA) is 83.6 Å². The lowest BCUT2D eigenvalue weighted by Gasteiger charge is -2.08. The number of nitrogens with two attached hydrogens (primary N) is 1. The Balaban J connectivity index is 2.19. The molecule has 4 N–H and O–H groups in total. The van der Waals surface area contributed by atoms with Crippen molar-refractivity contribution in [1.82, 2.24) is 0 Å². The molecule has 0 aliphatic carbocycles. The maximum atomic E-state index is 11.0. The molecule has 0 aliphatic heterocycles. The fourth-order valence-corrected chi connectivity index (χ4v) is 1.96. The van der Waals surface area contributed by atoms with Gasteiger partial charge in [0.05, 0.1) is 5.69 Å². The Hall–Kier alpha value is -2.49. The Bertz CT molecular complexity index is 594. The van der Waals surface area contributed by atoms with Gasteiger partial charge >= 0.3 is 5.97 Å². The van der Waals surface area contributed by atoms with Crippen molar-refractivity contribution in [2.45, 2.75) is 12.8 Å². The van der Waals surface area contributed by atoms with Crippen LogP contribution in [0.3, 0.4) is 0 Å². The number of carboxylic acid groups (broad SMARTS) is 1. The van der Waals surface area contributed by atoms with Gasteiger partial charge < -0.3 is 15.9 Å². The Morgan fingerprint density at radius 1 is 1.05 bits per heavy atom. The number of carbonyl (C=O) groups is 1. The van der Waals surface area contributed by atoms with Gasteiger partial charge in [0.15, 0.2) is 5.75 Å². The molecule has 0 spiro atoms. The van der Waals surface area contributed by atoms with Crippen LogP contribution in [0.25, 0.3) is 0 Å². The van der Waals surface area contributed by atoms with E-state index in [4.69, 9.17) is 10.8 Å². The third kappa shape index (κ3) is 3.04. The minimum absolute atomic E-state index is 0.1000. The highest BCUT2D eigenvalue weighted by molar-refractivity contribution is 5.93. The molecule has 0 heterocycles. The molecule has 0 aliphatic rings. The molecule has 4 heteroatoms. The molecule has 2 aromatic rings. The Morgan fingerprint density at radius 3 is 2.32 bits per heavy atom. The van der Waals surface area contributed by atoms with E-state index in [1.807, 2.05) is 30.3 Å². The maximum Gasteiger partial charge on any atom is 0.339 e. The van der Waals surface area contributed by atoms with Gasteiger partial charge in [-0.3, -0.25) is 0 Å². The first-order valence-corrected chi connectivity index (χ1v) is 5.96. The van der Waals surface area contributed by atoms with E-state index in [1.54, 1.807) is 6.07 Å². The zero-order chi connectivity index (χ0) is 13.8. The summed E-state index contributed by atoms with van der Waals surface area (Å²) in [4.78, 5) is 11.0. The predicted octanol–water partition coefficient (Wildman–Crippen LogP) is 2.46. The van der Waals surface area contributed by atoms with Gasteiger partial charge in [-0.25, -0.2) is 4.79 Å². The number of hydrogen-bond donors (Lipinski definition) is 3. The highest BCUT2D eigenvalue weighted by Gasteiger charge is 2.13. The van der Waals surface area contributed by atoms with Crippen molar-refractivity contribution in [2.75, 3.05) is 5.73 Å². The molecule has 0 bridgehead atoms. The van der Waals surface area contributed by atoms with Gasteiger partial charge in [0.1, 0.15) is 5.56 Å². The first-order chi connectivity index (χ1) is 9.08. The van der Waals surface area contributed by atoms with Gasteiger partial charge in [0.25, 0.3) is 0 Å². The molecular weight excluding hydrogens is 242 g/mol. The molecule has 0 radical (unpaired) electrons. The molecular formula is C15H15NO3. The second-order valence-electron chi connectivity index (χ2n) is 4.37. The lowest BCUT2D eigenvalue weighted by Crippen LogP contribution is -2.02. The molecule has 2 aromatic carbocycles. The van der Waals surface area contributed by atoms with E-state index >= 15 is 0 Å². The van der Waals surface area contributed by atoms with E-state index in [1.165, 1.54) is 11.6 Å². The lowest BCUT2D eigenvalue weighted by molar-refractivity contribution is 0.0693. The average Bonchev–Trinajstić information content (AvgIpc) is 2.41. The van der Waals surface area contributed by atoms with Gasteiger partial charge in [0, 0.05) is 0 Å². The molecule has 0 saturated heterocycles. The molecule has 98 valence electrons. The summed E-state index contributed by atoms with van der Waals surface area (Å²) in [5.74, 6) is -1.54. The van der Waals surface area contributed by atoms with Gasteiger partial charge in [-0.05, 0) is 36.1 Å². The molecule has 0 atom stereocenters. The van der Waals surface area contributed by atoms with Gasteiger partial charge in [-0.15, -0.1) is 0 Å². The van der Waals surface area contributed by atoms with Crippen molar-refractivity contribution >= 4 is 11.7 Å². The summed E-state index contributed by atoms with van der Waals surface area (Å²) in [6, 6.07) is 13.0. The quantitative estimate of drug-likeness (QED) is 0.580. The standard InChI is InChI=1S/C15H15NO3/c16-13-9-11(8-12(14(13)17)15(18)19)7-6-10-4-2-1-3-5-10/h1-5,8-9,17H,6-7,16H2,(H,18,19). The predicted molar refractivity (Wildman–Crippen MR) is 73.3 cm³/mol. The van der Waals surface area contributed by atoms with Crippen LogP contribution < -0.4 is 5.73 Å². The van der Waals surface area contributed by atoms with E-state index in [0.717, 1.165) is 12.0 Å². The Morgan fingerprint density at radius 2 is 1.68 bits per heavy atom. The van der Waals surface area contributed by atoms with Crippen molar-refractivity contribution in [3.05, 3.63) is 59.2 Å². The minimum Gasteiger partial charge on any atom is -0.505 e. The van der Waals surface area contributed by atoms with Crippen molar-refractivity contribution in [1.29, 1.82) is 0 Å². The largest absolute Gasteiger partial charge is 0.505 e. The van der Waals surface area contributed by atoms with Crippen molar-refractivity contribution in [3.63, 3.8) is 0 Å². The summed E-state index contributed by atoms with van der Waals surface area (Å²) in [6.45, 7) is 0. The van der Waals surface area contributed by atoms with E-state index in [-0.39, 0.29) is 17.0 Å². The number of anilines is 1. The van der Waals surface area contributed by atoms with Crippen LogP contribution in [-0.4, -0.2) is 16.2 Å². The zero-order valence-electron chi connectivity index (χ0n) is 10.3.